The third kappa shape index (κ3) is 4.22. The van der Waals surface area contributed by atoms with Gasteiger partial charge in [0.25, 0.3) is 5.89 Å². The first-order chi connectivity index (χ1) is 12.8. The molecule has 0 aliphatic carbocycles. The number of rotatable bonds is 5. The molecule has 0 spiro atoms. The van der Waals surface area contributed by atoms with Crippen molar-refractivity contribution in [2.45, 2.75) is 34.3 Å². The first-order valence-electron chi connectivity index (χ1n) is 8.29. The Hall–Kier alpha value is -3.00. The van der Waals surface area contributed by atoms with Crippen molar-refractivity contribution in [1.29, 1.82) is 0 Å². The maximum atomic E-state index is 12.5. The lowest BCUT2D eigenvalue weighted by molar-refractivity contribution is -0.114. The Morgan fingerprint density at radius 2 is 1.89 bits per heavy atom. The van der Waals surface area contributed by atoms with E-state index in [1.165, 1.54) is 18.3 Å². The van der Waals surface area contributed by atoms with Gasteiger partial charge in [0.05, 0.1) is 5.56 Å². The first-order valence-corrected chi connectivity index (χ1v) is 9.11. The van der Waals surface area contributed by atoms with Crippen molar-refractivity contribution < 1.29 is 18.8 Å². The van der Waals surface area contributed by atoms with Gasteiger partial charge in [-0.05, 0) is 38.5 Å². The quantitative estimate of drug-likeness (QED) is 0.666. The second-order valence-corrected chi connectivity index (χ2v) is 7.35. The molecule has 140 valence electrons. The van der Waals surface area contributed by atoms with Crippen LogP contribution in [0.4, 0.5) is 5.00 Å². The van der Waals surface area contributed by atoms with Crippen LogP contribution in [-0.2, 0) is 16.1 Å². The highest BCUT2D eigenvalue weighted by Crippen LogP contribution is 2.33. The van der Waals surface area contributed by atoms with Gasteiger partial charge in [-0.1, -0.05) is 22.9 Å². The summed E-state index contributed by atoms with van der Waals surface area (Å²) in [4.78, 5) is 29.1. The minimum atomic E-state index is -0.540. The van der Waals surface area contributed by atoms with Crippen LogP contribution in [0.3, 0.4) is 0 Å². The van der Waals surface area contributed by atoms with Crippen molar-refractivity contribution in [2.75, 3.05) is 5.32 Å². The number of aromatic nitrogens is 2. The third-order valence-electron chi connectivity index (χ3n) is 3.98. The molecule has 0 aliphatic rings. The lowest BCUT2D eigenvalue weighted by Gasteiger charge is -2.05. The second kappa shape index (κ2) is 7.71. The topological polar surface area (TPSA) is 94.3 Å². The molecule has 7 nitrogen and oxygen atoms in total. The summed E-state index contributed by atoms with van der Waals surface area (Å²) in [5, 5.41) is 7.00. The van der Waals surface area contributed by atoms with E-state index >= 15 is 0 Å². The molecule has 0 unspecified atom stereocenters. The monoisotopic (exact) mass is 385 g/mol. The van der Waals surface area contributed by atoms with E-state index in [9.17, 15) is 9.59 Å². The number of thiophene rings is 1. The van der Waals surface area contributed by atoms with Crippen LogP contribution in [0.25, 0.3) is 11.5 Å². The molecule has 0 fully saturated rings. The molecular formula is C19H19N3O4S. The summed E-state index contributed by atoms with van der Waals surface area (Å²) in [5.74, 6) is -0.152. The molecule has 27 heavy (non-hydrogen) atoms. The number of ether oxygens (including phenoxy) is 1. The van der Waals surface area contributed by atoms with Crippen LogP contribution in [0.5, 0.6) is 0 Å². The third-order valence-corrected chi connectivity index (χ3v) is 5.10. The Morgan fingerprint density at radius 1 is 1.19 bits per heavy atom. The number of hydrogen-bond donors (Lipinski definition) is 1. The molecule has 8 heteroatoms. The van der Waals surface area contributed by atoms with E-state index in [2.05, 4.69) is 15.5 Å². The SMILES string of the molecule is CC(=O)Nc1sc(C)c(C)c1C(=O)OCc1noc(-c2ccc(C)cc2)n1. The van der Waals surface area contributed by atoms with Crippen molar-refractivity contribution >= 4 is 28.2 Å². The molecule has 0 radical (unpaired) electrons. The number of carbonyl (C=O) groups is 2. The normalized spacial score (nSPS) is 10.7. The van der Waals surface area contributed by atoms with E-state index in [4.69, 9.17) is 9.26 Å². The van der Waals surface area contributed by atoms with Crippen LogP contribution in [0.1, 0.15) is 39.1 Å². The highest BCUT2D eigenvalue weighted by molar-refractivity contribution is 7.16. The van der Waals surface area contributed by atoms with Gasteiger partial charge in [-0.3, -0.25) is 4.79 Å². The zero-order valence-corrected chi connectivity index (χ0v) is 16.3. The van der Waals surface area contributed by atoms with Crippen LogP contribution in [-0.4, -0.2) is 22.0 Å². The van der Waals surface area contributed by atoms with Crippen molar-refractivity contribution in [3.63, 3.8) is 0 Å². The number of aryl methyl sites for hydroxylation is 2. The number of esters is 1. The van der Waals surface area contributed by atoms with Gasteiger partial charge in [0.2, 0.25) is 11.7 Å². The number of nitrogens with one attached hydrogen (secondary N) is 1. The zero-order chi connectivity index (χ0) is 19.6. The Morgan fingerprint density at radius 3 is 2.56 bits per heavy atom. The van der Waals surface area contributed by atoms with Crippen LogP contribution in [0, 0.1) is 20.8 Å². The number of benzene rings is 1. The number of amides is 1. The van der Waals surface area contributed by atoms with Gasteiger partial charge < -0.3 is 14.6 Å². The largest absolute Gasteiger partial charge is 0.454 e. The van der Waals surface area contributed by atoms with Crippen molar-refractivity contribution in [2.24, 2.45) is 0 Å². The lowest BCUT2D eigenvalue weighted by atomic mass is 10.1. The summed E-state index contributed by atoms with van der Waals surface area (Å²) in [6.07, 6.45) is 0. The van der Waals surface area contributed by atoms with Crippen molar-refractivity contribution in [1.82, 2.24) is 10.1 Å². The molecule has 2 heterocycles. The fraction of sp³-hybridized carbons (Fsp3) is 0.263. The maximum absolute atomic E-state index is 12.5. The number of anilines is 1. The Kier molecular flexibility index (Phi) is 5.36. The van der Waals surface area contributed by atoms with Gasteiger partial charge in [0.15, 0.2) is 6.61 Å². The summed E-state index contributed by atoms with van der Waals surface area (Å²) in [6, 6.07) is 7.67. The second-order valence-electron chi connectivity index (χ2n) is 6.13. The number of hydrogen-bond acceptors (Lipinski definition) is 7. The molecule has 0 saturated heterocycles. The molecule has 1 amide bonds. The average Bonchev–Trinajstić information content (AvgIpc) is 3.18. The zero-order valence-electron chi connectivity index (χ0n) is 15.5. The summed E-state index contributed by atoms with van der Waals surface area (Å²) < 4.78 is 10.6. The molecule has 0 atom stereocenters. The fourth-order valence-corrected chi connectivity index (χ4v) is 3.54. The van der Waals surface area contributed by atoms with E-state index in [1.54, 1.807) is 0 Å². The minimum absolute atomic E-state index is 0.123. The van der Waals surface area contributed by atoms with Gasteiger partial charge in [-0.15, -0.1) is 11.3 Å². The Bertz CT molecular complexity index is 989. The predicted molar refractivity (Wildman–Crippen MR) is 102 cm³/mol. The van der Waals surface area contributed by atoms with E-state index in [-0.39, 0.29) is 18.3 Å². The summed E-state index contributed by atoms with van der Waals surface area (Å²) in [6.45, 7) is 6.96. The molecular weight excluding hydrogens is 366 g/mol. The standard InChI is InChI=1S/C19H19N3O4S/c1-10-5-7-14(8-6-10)17-21-15(22-26-17)9-25-19(24)16-11(2)12(3)27-18(16)20-13(4)23/h5-8H,9H2,1-4H3,(H,20,23). The molecule has 2 aromatic heterocycles. The highest BCUT2D eigenvalue weighted by Gasteiger charge is 2.22. The molecule has 3 aromatic rings. The van der Waals surface area contributed by atoms with Crippen LogP contribution >= 0.6 is 11.3 Å². The van der Waals surface area contributed by atoms with E-state index in [0.29, 0.717) is 16.5 Å². The predicted octanol–water partition coefficient (Wildman–Crippen LogP) is 4.04. The van der Waals surface area contributed by atoms with Gasteiger partial charge in [0, 0.05) is 17.4 Å². The summed E-state index contributed by atoms with van der Waals surface area (Å²) >= 11 is 1.34. The Balaban J connectivity index is 1.71. The fourth-order valence-electron chi connectivity index (χ4n) is 2.45. The van der Waals surface area contributed by atoms with Crippen LogP contribution < -0.4 is 5.32 Å². The summed E-state index contributed by atoms with van der Waals surface area (Å²) in [7, 11) is 0. The van der Waals surface area contributed by atoms with E-state index in [0.717, 1.165) is 21.6 Å². The highest BCUT2D eigenvalue weighted by atomic mass is 32.1. The molecule has 3 rings (SSSR count). The van der Waals surface area contributed by atoms with Gasteiger partial charge >= 0.3 is 5.97 Å². The molecule has 1 aromatic carbocycles. The first kappa shape index (κ1) is 18.8. The average molecular weight is 385 g/mol. The van der Waals surface area contributed by atoms with Crippen LogP contribution in [0.15, 0.2) is 28.8 Å². The molecule has 1 N–H and O–H groups in total. The Labute approximate surface area is 160 Å². The molecule has 0 saturated carbocycles. The van der Waals surface area contributed by atoms with Gasteiger partial charge in [0.1, 0.15) is 5.00 Å². The van der Waals surface area contributed by atoms with Gasteiger partial charge in [-0.2, -0.15) is 4.98 Å². The van der Waals surface area contributed by atoms with E-state index in [1.807, 2.05) is 45.0 Å². The molecule has 0 bridgehead atoms. The molecule has 0 aliphatic heterocycles. The lowest BCUT2D eigenvalue weighted by Crippen LogP contribution is -2.12. The maximum Gasteiger partial charge on any atom is 0.341 e. The van der Waals surface area contributed by atoms with Crippen molar-refractivity contribution in [3.8, 4) is 11.5 Å². The van der Waals surface area contributed by atoms with E-state index < -0.39 is 5.97 Å². The number of nitrogens with zero attached hydrogens (tertiary/aromatic N) is 2. The smallest absolute Gasteiger partial charge is 0.341 e. The van der Waals surface area contributed by atoms with Gasteiger partial charge in [-0.25, -0.2) is 4.79 Å². The van der Waals surface area contributed by atoms with Crippen LogP contribution in [0.2, 0.25) is 0 Å². The number of carbonyl (C=O) groups excluding carboxylic acids is 2. The van der Waals surface area contributed by atoms with Crippen molar-refractivity contribution in [3.05, 3.63) is 51.7 Å². The summed E-state index contributed by atoms with van der Waals surface area (Å²) in [5.41, 5.74) is 3.06. The minimum Gasteiger partial charge on any atom is -0.454 e.